The van der Waals surface area contributed by atoms with Crippen LogP contribution in [0.1, 0.15) is 43.5 Å². The lowest BCUT2D eigenvalue weighted by Crippen LogP contribution is -2.45. The Balaban J connectivity index is 1.70. The number of carboxylic acid groups (broad SMARTS) is 1. The van der Waals surface area contributed by atoms with Crippen molar-refractivity contribution in [3.8, 4) is 0 Å². The summed E-state index contributed by atoms with van der Waals surface area (Å²) >= 11 is 1.64. The minimum Gasteiger partial charge on any atom is -0.481 e. The summed E-state index contributed by atoms with van der Waals surface area (Å²) in [7, 11) is 0. The maximum atomic E-state index is 12.6. The van der Waals surface area contributed by atoms with Crippen molar-refractivity contribution in [1.82, 2.24) is 10.2 Å². The van der Waals surface area contributed by atoms with Gasteiger partial charge in [-0.2, -0.15) is 0 Å². The summed E-state index contributed by atoms with van der Waals surface area (Å²) in [6.45, 7) is 2.04. The van der Waals surface area contributed by atoms with Gasteiger partial charge in [-0.25, -0.2) is 4.79 Å². The van der Waals surface area contributed by atoms with Crippen LogP contribution in [0, 0.1) is 5.92 Å². The van der Waals surface area contributed by atoms with Crippen molar-refractivity contribution < 1.29 is 14.7 Å². The van der Waals surface area contributed by atoms with Crippen molar-refractivity contribution in [3.63, 3.8) is 0 Å². The molecule has 1 aromatic heterocycles. The van der Waals surface area contributed by atoms with Crippen LogP contribution in [0.5, 0.6) is 0 Å². The van der Waals surface area contributed by atoms with Crippen LogP contribution in [0.3, 0.4) is 0 Å². The molecule has 2 amide bonds. The molecule has 2 N–H and O–H groups in total. The first-order valence-corrected chi connectivity index (χ1v) is 8.34. The highest BCUT2D eigenvalue weighted by Crippen LogP contribution is 2.42. The third-order valence-corrected chi connectivity index (χ3v) is 5.67. The minimum atomic E-state index is -0.773. The Labute approximate surface area is 128 Å². The van der Waals surface area contributed by atoms with Gasteiger partial charge in [-0.1, -0.05) is 13.0 Å². The first-order chi connectivity index (χ1) is 10.1. The molecular weight excluding hydrogens is 288 g/mol. The Morgan fingerprint density at radius 3 is 2.90 bits per heavy atom. The van der Waals surface area contributed by atoms with Gasteiger partial charge in [0.05, 0.1) is 12.0 Å². The highest BCUT2D eigenvalue weighted by molar-refractivity contribution is 7.10. The Kier molecular flexibility index (Phi) is 3.89. The number of hydrogen-bond donors (Lipinski definition) is 2. The number of nitrogens with one attached hydrogen (secondary N) is 1. The maximum absolute atomic E-state index is 12.6. The number of urea groups is 1. The van der Waals surface area contributed by atoms with Crippen molar-refractivity contribution in [2.24, 2.45) is 5.92 Å². The van der Waals surface area contributed by atoms with Gasteiger partial charge in [0.15, 0.2) is 0 Å². The molecule has 3 heterocycles. The van der Waals surface area contributed by atoms with Gasteiger partial charge in [-0.3, -0.25) is 4.79 Å². The zero-order valence-corrected chi connectivity index (χ0v) is 12.8. The maximum Gasteiger partial charge on any atom is 0.318 e. The van der Waals surface area contributed by atoms with Crippen molar-refractivity contribution in [2.45, 2.75) is 50.7 Å². The molecule has 0 aromatic carbocycles. The van der Waals surface area contributed by atoms with Gasteiger partial charge in [0, 0.05) is 17.0 Å². The molecular formula is C15H20N2O3S. The van der Waals surface area contributed by atoms with Crippen LogP contribution in [-0.2, 0) is 4.79 Å². The molecule has 2 aliphatic rings. The number of hydrogen-bond acceptors (Lipinski definition) is 3. The Morgan fingerprint density at radius 1 is 1.52 bits per heavy atom. The fourth-order valence-corrected chi connectivity index (χ4v) is 4.52. The van der Waals surface area contributed by atoms with Gasteiger partial charge in [0.1, 0.15) is 0 Å². The topological polar surface area (TPSA) is 69.6 Å². The average Bonchev–Trinajstić information content (AvgIpc) is 3.18. The van der Waals surface area contributed by atoms with Crippen LogP contribution < -0.4 is 5.32 Å². The largest absolute Gasteiger partial charge is 0.481 e. The zero-order chi connectivity index (χ0) is 15.0. The standard InChI is InChI=1S/C15H20N2O3S/c1-2-11(13-4-3-7-21-13)16-15(20)17-9-5-6-12(17)10(8-9)14(18)19/h3-4,7,9-12H,2,5-6,8H2,1H3,(H,16,20)(H,18,19). The van der Waals surface area contributed by atoms with E-state index < -0.39 is 11.9 Å². The third kappa shape index (κ3) is 2.52. The van der Waals surface area contributed by atoms with Gasteiger partial charge in [-0.15, -0.1) is 11.3 Å². The van der Waals surface area contributed by atoms with E-state index in [2.05, 4.69) is 5.32 Å². The fourth-order valence-electron chi connectivity index (χ4n) is 3.66. The Hall–Kier alpha value is -1.56. The summed E-state index contributed by atoms with van der Waals surface area (Å²) < 4.78 is 0. The smallest absolute Gasteiger partial charge is 0.318 e. The summed E-state index contributed by atoms with van der Waals surface area (Å²) in [4.78, 5) is 26.8. The first-order valence-electron chi connectivity index (χ1n) is 7.46. The van der Waals surface area contributed by atoms with Crippen molar-refractivity contribution >= 4 is 23.3 Å². The van der Waals surface area contributed by atoms with Gasteiger partial charge in [0.2, 0.25) is 0 Å². The van der Waals surface area contributed by atoms with Gasteiger partial charge in [0.25, 0.3) is 0 Å². The summed E-state index contributed by atoms with van der Waals surface area (Å²) in [5.74, 6) is -1.17. The molecule has 0 radical (unpaired) electrons. The van der Waals surface area contributed by atoms with Gasteiger partial charge in [-0.05, 0) is 37.1 Å². The van der Waals surface area contributed by atoms with Gasteiger partial charge >= 0.3 is 12.0 Å². The lowest BCUT2D eigenvalue weighted by molar-refractivity contribution is -0.142. The molecule has 2 aliphatic heterocycles. The molecule has 3 rings (SSSR count). The molecule has 6 heteroatoms. The van der Waals surface area contributed by atoms with E-state index in [-0.39, 0.29) is 24.2 Å². The normalized spacial score (nSPS) is 28.6. The average molecular weight is 308 g/mol. The second-order valence-corrected chi connectivity index (χ2v) is 6.79. The number of amides is 2. The molecule has 5 nitrogen and oxygen atoms in total. The van der Waals surface area contributed by atoms with E-state index in [0.717, 1.165) is 24.1 Å². The summed E-state index contributed by atoms with van der Waals surface area (Å²) in [6.07, 6.45) is 3.17. The van der Waals surface area contributed by atoms with E-state index in [9.17, 15) is 14.7 Å². The van der Waals surface area contributed by atoms with Crippen LogP contribution in [0.25, 0.3) is 0 Å². The van der Waals surface area contributed by atoms with E-state index in [1.54, 1.807) is 16.2 Å². The lowest BCUT2D eigenvalue weighted by atomic mass is 9.89. The molecule has 4 unspecified atom stereocenters. The molecule has 21 heavy (non-hydrogen) atoms. The van der Waals surface area contributed by atoms with E-state index in [1.165, 1.54) is 0 Å². The molecule has 2 fully saturated rings. The van der Waals surface area contributed by atoms with Crippen molar-refractivity contribution in [3.05, 3.63) is 22.4 Å². The summed E-state index contributed by atoms with van der Waals surface area (Å²) in [6, 6.07) is 3.88. The molecule has 2 saturated heterocycles. The zero-order valence-electron chi connectivity index (χ0n) is 12.0. The monoisotopic (exact) mass is 308 g/mol. The molecule has 114 valence electrons. The number of aliphatic carboxylic acids is 1. The quantitative estimate of drug-likeness (QED) is 0.898. The number of nitrogens with zero attached hydrogens (tertiary/aromatic N) is 1. The lowest BCUT2D eigenvalue weighted by Gasteiger charge is -2.26. The summed E-state index contributed by atoms with van der Waals surface area (Å²) in [5, 5.41) is 14.3. The minimum absolute atomic E-state index is 0.0146. The number of fused-ring (bicyclic) bond motifs is 2. The predicted molar refractivity (Wildman–Crippen MR) is 80.3 cm³/mol. The number of rotatable bonds is 4. The van der Waals surface area contributed by atoms with Crippen LogP contribution in [0.4, 0.5) is 4.79 Å². The van der Waals surface area contributed by atoms with Crippen LogP contribution in [-0.4, -0.2) is 34.1 Å². The second-order valence-electron chi connectivity index (χ2n) is 5.81. The first kappa shape index (κ1) is 14.4. The number of carbonyl (C=O) groups excluding carboxylic acids is 1. The molecule has 4 atom stereocenters. The second kappa shape index (κ2) is 5.67. The van der Waals surface area contributed by atoms with Crippen LogP contribution in [0.2, 0.25) is 0 Å². The van der Waals surface area contributed by atoms with Crippen molar-refractivity contribution in [1.29, 1.82) is 0 Å². The highest BCUT2D eigenvalue weighted by atomic mass is 32.1. The summed E-state index contributed by atoms with van der Waals surface area (Å²) in [5.41, 5.74) is 0. The SMILES string of the molecule is CCC(NC(=O)N1C2CCC1C(C(=O)O)C2)c1cccs1. The van der Waals surface area contributed by atoms with Crippen LogP contribution in [0.15, 0.2) is 17.5 Å². The molecule has 1 aromatic rings. The number of thiophene rings is 1. The predicted octanol–water partition coefficient (Wildman–Crippen LogP) is 2.85. The molecule has 2 bridgehead atoms. The fraction of sp³-hybridized carbons (Fsp3) is 0.600. The van der Waals surface area contributed by atoms with Gasteiger partial charge < -0.3 is 15.3 Å². The van der Waals surface area contributed by atoms with E-state index in [0.29, 0.717) is 6.42 Å². The van der Waals surface area contributed by atoms with Crippen LogP contribution >= 0.6 is 11.3 Å². The molecule has 0 spiro atoms. The molecule has 0 aliphatic carbocycles. The highest BCUT2D eigenvalue weighted by Gasteiger charge is 2.51. The van der Waals surface area contributed by atoms with Crippen molar-refractivity contribution in [2.75, 3.05) is 0 Å². The number of carbonyl (C=O) groups is 2. The Morgan fingerprint density at radius 2 is 2.33 bits per heavy atom. The number of carboxylic acids is 1. The molecule has 0 saturated carbocycles. The van der Waals surface area contributed by atoms with E-state index in [1.807, 2.05) is 24.4 Å². The third-order valence-electron chi connectivity index (χ3n) is 4.68. The van der Waals surface area contributed by atoms with E-state index >= 15 is 0 Å². The van der Waals surface area contributed by atoms with E-state index in [4.69, 9.17) is 0 Å². The Bertz CT molecular complexity index is 531.